The van der Waals surface area contributed by atoms with Crippen molar-refractivity contribution < 1.29 is 0 Å². The smallest absolute Gasteiger partial charge is 0.130 e. The molecule has 0 saturated heterocycles. The lowest BCUT2D eigenvalue weighted by atomic mass is 10.2. The van der Waals surface area contributed by atoms with Gasteiger partial charge >= 0.3 is 0 Å². The summed E-state index contributed by atoms with van der Waals surface area (Å²) in [5, 5.41) is 12.0. The summed E-state index contributed by atoms with van der Waals surface area (Å²) in [6, 6.07) is 7.00. The van der Waals surface area contributed by atoms with Gasteiger partial charge in [0.15, 0.2) is 0 Å². The number of rotatable bonds is 7. The van der Waals surface area contributed by atoms with Gasteiger partial charge in [-0.25, -0.2) is 4.98 Å². The summed E-state index contributed by atoms with van der Waals surface area (Å²) in [4.78, 5) is 6.78. The number of pyridine rings is 1. The Morgan fingerprint density at radius 3 is 3.06 bits per heavy atom. The fourth-order valence-corrected chi connectivity index (χ4v) is 2.14. The topological polar surface area (TPSA) is 52.0 Å². The molecule has 1 aromatic heterocycles. The molecule has 2 rings (SSSR count). The van der Waals surface area contributed by atoms with Crippen LogP contribution < -0.4 is 5.32 Å². The van der Waals surface area contributed by atoms with Crippen molar-refractivity contribution in [3.63, 3.8) is 0 Å². The third kappa shape index (κ3) is 3.44. The van der Waals surface area contributed by atoms with Crippen molar-refractivity contribution in [2.45, 2.75) is 38.8 Å². The highest BCUT2D eigenvalue weighted by molar-refractivity contribution is 5.43. The van der Waals surface area contributed by atoms with E-state index in [0.29, 0.717) is 12.5 Å². The maximum atomic E-state index is 8.72. The summed E-state index contributed by atoms with van der Waals surface area (Å²) >= 11 is 0. The Kier molecular flexibility index (Phi) is 4.54. The Morgan fingerprint density at radius 2 is 2.39 bits per heavy atom. The van der Waals surface area contributed by atoms with Gasteiger partial charge in [-0.2, -0.15) is 5.26 Å². The monoisotopic (exact) mass is 244 g/mol. The standard InChI is InChI=1S/C14H20N4/c1-2-16-14-12(5-3-9-17-14)11-18(10-4-8-15)13-6-7-13/h3,5,9,13H,2,4,6-7,10-11H2,1H3,(H,16,17). The summed E-state index contributed by atoms with van der Waals surface area (Å²) in [5.41, 5.74) is 1.23. The zero-order chi connectivity index (χ0) is 12.8. The van der Waals surface area contributed by atoms with E-state index >= 15 is 0 Å². The van der Waals surface area contributed by atoms with Crippen LogP contribution in [0.15, 0.2) is 18.3 Å². The van der Waals surface area contributed by atoms with Gasteiger partial charge in [0.2, 0.25) is 0 Å². The van der Waals surface area contributed by atoms with Crippen LogP contribution in [0.3, 0.4) is 0 Å². The highest BCUT2D eigenvalue weighted by Crippen LogP contribution is 2.29. The van der Waals surface area contributed by atoms with E-state index in [0.717, 1.165) is 25.5 Å². The second-order valence-electron chi connectivity index (χ2n) is 4.65. The first-order valence-corrected chi connectivity index (χ1v) is 6.64. The van der Waals surface area contributed by atoms with E-state index in [9.17, 15) is 0 Å². The van der Waals surface area contributed by atoms with Gasteiger partial charge in [-0.1, -0.05) is 6.07 Å². The lowest BCUT2D eigenvalue weighted by Gasteiger charge is -2.22. The molecule has 1 aliphatic rings. The highest BCUT2D eigenvalue weighted by Gasteiger charge is 2.28. The zero-order valence-electron chi connectivity index (χ0n) is 10.9. The predicted molar refractivity (Wildman–Crippen MR) is 72.1 cm³/mol. The van der Waals surface area contributed by atoms with Crippen molar-refractivity contribution in [1.82, 2.24) is 9.88 Å². The second-order valence-corrected chi connectivity index (χ2v) is 4.65. The zero-order valence-corrected chi connectivity index (χ0v) is 10.9. The van der Waals surface area contributed by atoms with Crippen molar-refractivity contribution in [1.29, 1.82) is 5.26 Å². The molecule has 0 amide bonds. The van der Waals surface area contributed by atoms with Crippen molar-refractivity contribution in [2.75, 3.05) is 18.4 Å². The van der Waals surface area contributed by atoms with Gasteiger partial charge in [-0.3, -0.25) is 4.90 Å². The van der Waals surface area contributed by atoms with Crippen LogP contribution in [0.25, 0.3) is 0 Å². The molecule has 1 aromatic rings. The lowest BCUT2D eigenvalue weighted by molar-refractivity contribution is 0.261. The molecule has 0 aromatic carbocycles. The number of hydrogen-bond donors (Lipinski definition) is 1. The Morgan fingerprint density at radius 1 is 1.56 bits per heavy atom. The number of nitrogens with one attached hydrogen (secondary N) is 1. The van der Waals surface area contributed by atoms with Crippen molar-refractivity contribution in [3.05, 3.63) is 23.9 Å². The van der Waals surface area contributed by atoms with Crippen molar-refractivity contribution in [3.8, 4) is 6.07 Å². The molecular formula is C14H20N4. The van der Waals surface area contributed by atoms with Gasteiger partial charge in [0.05, 0.1) is 6.07 Å². The molecule has 1 aliphatic carbocycles. The lowest BCUT2D eigenvalue weighted by Crippen LogP contribution is -2.27. The normalized spacial score (nSPS) is 14.5. The van der Waals surface area contributed by atoms with Crippen LogP contribution in [0.5, 0.6) is 0 Å². The molecule has 1 N–H and O–H groups in total. The molecule has 0 atom stereocenters. The Hall–Kier alpha value is -1.60. The molecule has 96 valence electrons. The maximum absolute atomic E-state index is 8.72. The quantitative estimate of drug-likeness (QED) is 0.800. The first kappa shape index (κ1) is 12.8. The fourth-order valence-electron chi connectivity index (χ4n) is 2.14. The molecule has 1 heterocycles. The number of nitriles is 1. The average molecular weight is 244 g/mol. The number of hydrogen-bond acceptors (Lipinski definition) is 4. The van der Waals surface area contributed by atoms with E-state index in [-0.39, 0.29) is 0 Å². The van der Waals surface area contributed by atoms with Crippen LogP contribution in [-0.4, -0.2) is 29.0 Å². The minimum atomic E-state index is 0.604. The van der Waals surface area contributed by atoms with Crippen LogP contribution in [0.4, 0.5) is 5.82 Å². The van der Waals surface area contributed by atoms with Gasteiger partial charge < -0.3 is 5.32 Å². The molecule has 0 radical (unpaired) electrons. The van der Waals surface area contributed by atoms with Gasteiger partial charge in [0.1, 0.15) is 5.82 Å². The van der Waals surface area contributed by atoms with E-state index in [1.807, 2.05) is 12.3 Å². The SMILES string of the molecule is CCNc1ncccc1CN(CCC#N)C1CC1. The van der Waals surface area contributed by atoms with E-state index in [1.165, 1.54) is 18.4 Å². The van der Waals surface area contributed by atoms with Crippen molar-refractivity contribution in [2.24, 2.45) is 0 Å². The van der Waals surface area contributed by atoms with E-state index in [1.54, 1.807) is 0 Å². The Bertz CT molecular complexity index is 420. The predicted octanol–water partition coefficient (Wildman–Crippen LogP) is 2.39. The van der Waals surface area contributed by atoms with E-state index in [2.05, 4.69) is 34.3 Å². The molecule has 0 spiro atoms. The van der Waals surface area contributed by atoms with Gasteiger partial charge in [-0.15, -0.1) is 0 Å². The summed E-state index contributed by atoms with van der Waals surface area (Å²) in [6.45, 7) is 4.71. The van der Waals surface area contributed by atoms with Crippen LogP contribution in [0.2, 0.25) is 0 Å². The van der Waals surface area contributed by atoms with Crippen LogP contribution >= 0.6 is 0 Å². The summed E-state index contributed by atoms with van der Waals surface area (Å²) in [7, 11) is 0. The first-order valence-electron chi connectivity index (χ1n) is 6.64. The Labute approximate surface area is 109 Å². The summed E-state index contributed by atoms with van der Waals surface area (Å²) in [6.07, 6.45) is 4.95. The number of nitrogens with zero attached hydrogens (tertiary/aromatic N) is 3. The summed E-state index contributed by atoms with van der Waals surface area (Å²) < 4.78 is 0. The van der Waals surface area contributed by atoms with E-state index in [4.69, 9.17) is 5.26 Å². The highest BCUT2D eigenvalue weighted by atomic mass is 15.2. The summed E-state index contributed by atoms with van der Waals surface area (Å²) in [5.74, 6) is 0.975. The molecule has 1 saturated carbocycles. The van der Waals surface area contributed by atoms with Crippen molar-refractivity contribution >= 4 is 5.82 Å². The van der Waals surface area contributed by atoms with Gasteiger partial charge in [0.25, 0.3) is 0 Å². The fraction of sp³-hybridized carbons (Fsp3) is 0.571. The minimum Gasteiger partial charge on any atom is -0.370 e. The molecule has 0 bridgehead atoms. The van der Waals surface area contributed by atoms with Gasteiger partial charge in [0, 0.05) is 43.9 Å². The van der Waals surface area contributed by atoms with Crippen LogP contribution in [-0.2, 0) is 6.54 Å². The maximum Gasteiger partial charge on any atom is 0.130 e. The molecule has 1 fully saturated rings. The third-order valence-corrected chi connectivity index (χ3v) is 3.18. The second kappa shape index (κ2) is 6.36. The van der Waals surface area contributed by atoms with Crippen LogP contribution in [0.1, 0.15) is 31.7 Å². The first-order chi connectivity index (χ1) is 8.85. The number of anilines is 1. The Balaban J connectivity index is 2.03. The molecular weight excluding hydrogens is 224 g/mol. The molecule has 0 unspecified atom stereocenters. The number of aromatic nitrogens is 1. The largest absolute Gasteiger partial charge is 0.370 e. The average Bonchev–Trinajstić information content (AvgIpc) is 3.21. The molecule has 4 heteroatoms. The van der Waals surface area contributed by atoms with E-state index < -0.39 is 0 Å². The third-order valence-electron chi connectivity index (χ3n) is 3.18. The molecule has 18 heavy (non-hydrogen) atoms. The molecule has 4 nitrogen and oxygen atoms in total. The minimum absolute atomic E-state index is 0.604. The van der Waals surface area contributed by atoms with Crippen LogP contribution in [0, 0.1) is 11.3 Å². The molecule has 0 aliphatic heterocycles. The van der Waals surface area contributed by atoms with Gasteiger partial charge in [-0.05, 0) is 25.8 Å².